The van der Waals surface area contributed by atoms with E-state index < -0.39 is 0 Å². The van der Waals surface area contributed by atoms with Crippen molar-refractivity contribution in [2.75, 3.05) is 7.11 Å². The van der Waals surface area contributed by atoms with Gasteiger partial charge in [-0.05, 0) is 55.9 Å². The summed E-state index contributed by atoms with van der Waals surface area (Å²) in [5.41, 5.74) is 7.29. The molecular weight excluding hydrogens is 222 g/mol. The van der Waals surface area contributed by atoms with Gasteiger partial charge < -0.3 is 10.5 Å². The second-order valence-corrected chi connectivity index (χ2v) is 5.35. The minimum atomic E-state index is -0.141. The van der Waals surface area contributed by atoms with E-state index in [1.54, 1.807) is 7.11 Å². The van der Waals surface area contributed by atoms with Gasteiger partial charge in [0.15, 0.2) is 0 Å². The number of ether oxygens (including phenoxy) is 1. The Labute approximate surface area is 102 Å². The van der Waals surface area contributed by atoms with Crippen molar-refractivity contribution in [1.82, 2.24) is 0 Å². The van der Waals surface area contributed by atoms with Crippen molar-refractivity contribution < 1.29 is 4.74 Å². The Bertz CT molecular complexity index is 386. The number of halogens is 1. The van der Waals surface area contributed by atoms with Gasteiger partial charge in [-0.25, -0.2) is 0 Å². The van der Waals surface area contributed by atoms with Crippen LogP contribution in [-0.2, 0) is 6.42 Å². The highest BCUT2D eigenvalue weighted by atomic mass is 35.5. The number of methoxy groups -OCH3 is 1. The number of nitrogens with two attached hydrogens (primary N) is 1. The third-order valence-electron chi connectivity index (χ3n) is 3.32. The van der Waals surface area contributed by atoms with Crippen molar-refractivity contribution in [2.24, 2.45) is 11.7 Å². The predicted octanol–water partition coefficient (Wildman–Crippen LogP) is 3.02. The molecule has 0 spiro atoms. The minimum Gasteiger partial charge on any atom is -0.496 e. The van der Waals surface area contributed by atoms with Crippen molar-refractivity contribution >= 4 is 11.6 Å². The highest BCUT2D eigenvalue weighted by Crippen LogP contribution is 2.40. The van der Waals surface area contributed by atoms with Gasteiger partial charge in [0.25, 0.3) is 0 Å². The third kappa shape index (κ3) is 2.50. The lowest BCUT2D eigenvalue weighted by molar-refractivity contribution is 0.379. The van der Waals surface area contributed by atoms with Gasteiger partial charge in [0.1, 0.15) is 5.75 Å². The summed E-state index contributed by atoms with van der Waals surface area (Å²) in [5.74, 6) is 1.53. The van der Waals surface area contributed by atoms with Gasteiger partial charge in [0, 0.05) is 10.6 Å². The van der Waals surface area contributed by atoms with Crippen LogP contribution in [0.5, 0.6) is 5.75 Å². The average molecular weight is 240 g/mol. The van der Waals surface area contributed by atoms with E-state index in [4.69, 9.17) is 22.1 Å². The number of rotatable bonds is 4. The first-order chi connectivity index (χ1) is 7.53. The van der Waals surface area contributed by atoms with Crippen LogP contribution in [0.15, 0.2) is 18.2 Å². The van der Waals surface area contributed by atoms with Crippen molar-refractivity contribution in [1.29, 1.82) is 0 Å². The lowest BCUT2D eigenvalue weighted by atomic mass is 9.89. The Hall–Kier alpha value is -0.730. The van der Waals surface area contributed by atoms with Gasteiger partial charge in [-0.2, -0.15) is 0 Å². The number of hydrogen-bond acceptors (Lipinski definition) is 2. The summed E-state index contributed by atoms with van der Waals surface area (Å²) in [6.45, 7) is 2.12. The number of benzene rings is 1. The Morgan fingerprint density at radius 3 is 2.75 bits per heavy atom. The Morgan fingerprint density at radius 1 is 1.50 bits per heavy atom. The van der Waals surface area contributed by atoms with Crippen LogP contribution in [0.4, 0.5) is 0 Å². The van der Waals surface area contributed by atoms with Crippen LogP contribution < -0.4 is 10.5 Å². The molecule has 3 heteroatoms. The summed E-state index contributed by atoms with van der Waals surface area (Å²) in [5, 5.41) is 0.738. The van der Waals surface area contributed by atoms with Crippen molar-refractivity contribution in [2.45, 2.75) is 31.7 Å². The fourth-order valence-corrected chi connectivity index (χ4v) is 2.38. The Balaban J connectivity index is 2.21. The van der Waals surface area contributed by atoms with Crippen LogP contribution in [0, 0.1) is 5.92 Å². The summed E-state index contributed by atoms with van der Waals surface area (Å²) in [6.07, 6.45) is 3.31. The van der Waals surface area contributed by atoms with Crippen molar-refractivity contribution in [3.63, 3.8) is 0 Å². The van der Waals surface area contributed by atoms with E-state index in [0.29, 0.717) is 5.92 Å². The van der Waals surface area contributed by atoms with E-state index in [-0.39, 0.29) is 5.54 Å². The van der Waals surface area contributed by atoms with E-state index in [1.165, 1.54) is 12.8 Å². The highest BCUT2D eigenvalue weighted by Gasteiger charge is 2.38. The molecule has 0 aromatic heterocycles. The fourth-order valence-electron chi connectivity index (χ4n) is 2.18. The Morgan fingerprint density at radius 2 is 2.19 bits per heavy atom. The second kappa shape index (κ2) is 4.27. The van der Waals surface area contributed by atoms with Gasteiger partial charge in [0.05, 0.1) is 7.11 Å². The van der Waals surface area contributed by atoms with Crippen LogP contribution in [0.25, 0.3) is 0 Å². The smallest absolute Gasteiger partial charge is 0.122 e. The van der Waals surface area contributed by atoms with Crippen molar-refractivity contribution in [3.05, 3.63) is 28.8 Å². The molecule has 0 aliphatic heterocycles. The van der Waals surface area contributed by atoms with Crippen LogP contribution in [0.3, 0.4) is 0 Å². The molecule has 1 saturated carbocycles. The number of hydrogen-bond donors (Lipinski definition) is 1. The normalized spacial score (nSPS) is 19.2. The molecular formula is C13H18ClNO. The van der Waals surface area contributed by atoms with Gasteiger partial charge in [0.2, 0.25) is 0 Å². The van der Waals surface area contributed by atoms with Gasteiger partial charge in [-0.3, -0.25) is 0 Å². The predicted molar refractivity (Wildman–Crippen MR) is 67.0 cm³/mol. The maximum Gasteiger partial charge on any atom is 0.122 e. The summed E-state index contributed by atoms with van der Waals surface area (Å²) >= 11 is 6.00. The standard InChI is InChI=1S/C13H18ClNO/c1-13(15,10-3-4-10)8-9-7-11(14)5-6-12(9)16-2/h5-7,10H,3-4,8,15H2,1-2H3. The molecule has 1 aromatic rings. The fraction of sp³-hybridized carbons (Fsp3) is 0.538. The van der Waals surface area contributed by atoms with E-state index in [9.17, 15) is 0 Å². The van der Waals surface area contributed by atoms with Gasteiger partial charge >= 0.3 is 0 Å². The van der Waals surface area contributed by atoms with E-state index >= 15 is 0 Å². The van der Waals surface area contributed by atoms with Gasteiger partial charge in [-0.15, -0.1) is 0 Å². The largest absolute Gasteiger partial charge is 0.496 e. The highest BCUT2D eigenvalue weighted by molar-refractivity contribution is 6.30. The molecule has 1 aliphatic rings. The molecule has 16 heavy (non-hydrogen) atoms. The van der Waals surface area contributed by atoms with Crippen LogP contribution in [-0.4, -0.2) is 12.6 Å². The molecule has 1 unspecified atom stereocenters. The van der Waals surface area contributed by atoms with Crippen molar-refractivity contribution in [3.8, 4) is 5.75 Å². The van der Waals surface area contributed by atoms with E-state index in [0.717, 1.165) is 22.8 Å². The molecule has 2 N–H and O–H groups in total. The molecule has 0 saturated heterocycles. The molecule has 0 heterocycles. The summed E-state index contributed by atoms with van der Waals surface area (Å²) < 4.78 is 5.33. The lowest BCUT2D eigenvalue weighted by Gasteiger charge is -2.25. The molecule has 2 nitrogen and oxygen atoms in total. The van der Waals surface area contributed by atoms with Crippen LogP contribution in [0.2, 0.25) is 5.02 Å². The molecule has 0 bridgehead atoms. The van der Waals surface area contributed by atoms with Crippen LogP contribution >= 0.6 is 11.6 Å². The SMILES string of the molecule is COc1ccc(Cl)cc1CC(C)(N)C1CC1. The molecule has 0 amide bonds. The molecule has 1 atom stereocenters. The first-order valence-corrected chi connectivity index (χ1v) is 6.02. The van der Waals surface area contributed by atoms with Crippen LogP contribution in [0.1, 0.15) is 25.3 Å². The van der Waals surface area contributed by atoms with Gasteiger partial charge in [-0.1, -0.05) is 11.6 Å². The first kappa shape index (κ1) is 11.7. The molecule has 1 aliphatic carbocycles. The first-order valence-electron chi connectivity index (χ1n) is 5.64. The maximum absolute atomic E-state index is 6.33. The monoisotopic (exact) mass is 239 g/mol. The zero-order chi connectivity index (χ0) is 11.8. The molecule has 2 rings (SSSR count). The average Bonchev–Trinajstić information content (AvgIpc) is 3.00. The van der Waals surface area contributed by atoms with E-state index in [1.807, 2.05) is 18.2 Å². The molecule has 1 aromatic carbocycles. The third-order valence-corrected chi connectivity index (χ3v) is 3.56. The van der Waals surface area contributed by atoms with E-state index in [2.05, 4.69) is 6.92 Å². The molecule has 0 radical (unpaired) electrons. The summed E-state index contributed by atoms with van der Waals surface area (Å²) in [6, 6.07) is 5.70. The Kier molecular flexibility index (Phi) is 3.13. The second-order valence-electron chi connectivity index (χ2n) is 4.91. The maximum atomic E-state index is 6.33. The quantitative estimate of drug-likeness (QED) is 0.877. The lowest BCUT2D eigenvalue weighted by Crippen LogP contribution is -2.41. The zero-order valence-electron chi connectivity index (χ0n) is 9.79. The molecule has 1 fully saturated rings. The zero-order valence-corrected chi connectivity index (χ0v) is 10.6. The topological polar surface area (TPSA) is 35.2 Å². The summed E-state index contributed by atoms with van der Waals surface area (Å²) in [4.78, 5) is 0. The summed E-state index contributed by atoms with van der Waals surface area (Å²) in [7, 11) is 1.68. The molecule has 88 valence electrons. The minimum absolute atomic E-state index is 0.141.